The van der Waals surface area contributed by atoms with Crippen molar-refractivity contribution >= 4 is 11.7 Å². The minimum atomic E-state index is -1.00. The van der Waals surface area contributed by atoms with Crippen LogP contribution in [0.3, 0.4) is 0 Å². The van der Waals surface area contributed by atoms with Gasteiger partial charge in [-0.3, -0.25) is 0 Å². The van der Waals surface area contributed by atoms with E-state index in [2.05, 4.69) is 6.92 Å². The second kappa shape index (κ2) is 2.23. The van der Waals surface area contributed by atoms with Gasteiger partial charge in [-0.15, -0.1) is 0 Å². The van der Waals surface area contributed by atoms with Gasteiger partial charge in [-0.2, -0.15) is 0 Å². The Kier molecular flexibility index (Phi) is 2.22. The van der Waals surface area contributed by atoms with Crippen LogP contribution in [-0.2, 0) is 15.9 Å². The van der Waals surface area contributed by atoms with Crippen LogP contribution in [0, 0.1) is 6.92 Å². The second-order valence-electron chi connectivity index (χ2n) is 0.551. The Balaban J connectivity index is 2.83. The zero-order valence-electron chi connectivity index (χ0n) is 2.55. The van der Waals surface area contributed by atoms with E-state index in [0.717, 1.165) is 0 Å². The summed E-state index contributed by atoms with van der Waals surface area (Å²) in [6.45, 7) is 2.96. The zero-order valence-corrected chi connectivity index (χ0v) is 3.36. The van der Waals surface area contributed by atoms with Gasteiger partial charge in [0.05, 0.1) is 0 Å². The van der Waals surface area contributed by atoms with E-state index in [1.54, 1.807) is 0 Å². The molecule has 5 heavy (non-hydrogen) atoms. The molecule has 0 aromatic heterocycles. The third-order valence-corrected chi connectivity index (χ3v) is 0.333. The molecule has 1 atom stereocenters. The molecule has 0 aliphatic rings. The number of rotatable bonds is 1. The Morgan fingerprint density at radius 1 is 2.00 bits per heavy atom. The number of hydrogen-bond acceptors (Lipinski definition) is 2. The van der Waals surface area contributed by atoms with Crippen molar-refractivity contribution < 1.29 is 9.32 Å². The maximum Gasteiger partial charge on any atom is 0.493 e. The van der Waals surface area contributed by atoms with Crippen LogP contribution >= 0.6 is 0 Å². The summed E-state index contributed by atoms with van der Waals surface area (Å²) < 4.78 is 9.23. The van der Waals surface area contributed by atoms with E-state index in [-0.39, 0.29) is 11.7 Å². The van der Waals surface area contributed by atoms with Crippen LogP contribution in [0.15, 0.2) is 0 Å². The van der Waals surface area contributed by atoms with Crippen molar-refractivity contribution in [2.75, 3.05) is 0 Å². The monoisotopic (exact) mass is 92.0 g/mol. The van der Waals surface area contributed by atoms with Crippen LogP contribution in [0.2, 0.25) is 0 Å². The molecule has 0 amide bonds. The Morgan fingerprint density at radius 3 is 2.20 bits per heavy atom. The highest BCUT2D eigenvalue weighted by Gasteiger charge is 2.04. The summed E-state index contributed by atoms with van der Waals surface area (Å²) >= 11 is 0.0741. The fourth-order valence-electron chi connectivity index (χ4n) is 0. The fourth-order valence-corrected chi connectivity index (χ4v) is 0. The zero-order chi connectivity index (χ0) is 4.28. The minimum Gasteiger partial charge on any atom is -0.339 e. The molecule has 0 aromatic rings. The number of aliphatic hydroxyl groups is 1. The molecule has 0 rings (SSSR count). The molecule has 0 aromatic carbocycles. The molecule has 0 fully saturated rings. The summed E-state index contributed by atoms with van der Waals surface area (Å²) in [5.41, 5.74) is -1.00. The van der Waals surface area contributed by atoms with Crippen molar-refractivity contribution in [3.05, 3.63) is 6.92 Å². The van der Waals surface area contributed by atoms with E-state index in [9.17, 15) is 4.21 Å². The Hall–Kier alpha value is -0.0200. The van der Waals surface area contributed by atoms with Gasteiger partial charge >= 0.3 is 17.1 Å². The van der Waals surface area contributed by atoms with Crippen LogP contribution in [-0.4, -0.2) is 10.5 Å². The van der Waals surface area contributed by atoms with Crippen LogP contribution in [0.5, 0.6) is 0 Å². The molecular formula is C2H4O2S+. The molecule has 1 N–H and O–H groups in total. The average Bonchev–Trinajstić information content (AvgIpc) is 1.38. The molecule has 0 spiro atoms. The summed E-state index contributed by atoms with van der Waals surface area (Å²) in [5, 5.41) is 7.90. The molecule has 0 heterocycles. The highest BCUT2D eigenvalue weighted by Crippen LogP contribution is 1.66. The quantitative estimate of drug-likeness (QED) is 0.352. The lowest BCUT2D eigenvalue weighted by molar-refractivity contribution is 0.302. The van der Waals surface area contributed by atoms with Gasteiger partial charge in [0.15, 0.2) is 0 Å². The van der Waals surface area contributed by atoms with Crippen molar-refractivity contribution in [1.82, 2.24) is 0 Å². The summed E-state index contributed by atoms with van der Waals surface area (Å²) in [7, 11) is 0. The van der Waals surface area contributed by atoms with Crippen molar-refractivity contribution in [3.63, 3.8) is 0 Å². The summed E-state index contributed by atoms with van der Waals surface area (Å²) in [5.74, 6) is 0. The molecule has 3 heteroatoms. The van der Waals surface area contributed by atoms with Crippen molar-refractivity contribution in [2.45, 2.75) is 5.44 Å². The molecule has 1 unspecified atom stereocenters. The highest BCUT2D eigenvalue weighted by molar-refractivity contribution is 7.66. The predicted molar refractivity (Wildman–Crippen MR) is 19.4 cm³/mol. The Morgan fingerprint density at radius 2 is 2.20 bits per heavy atom. The van der Waals surface area contributed by atoms with Gasteiger partial charge in [-0.05, 0) is 0 Å². The van der Waals surface area contributed by atoms with Crippen LogP contribution < -0.4 is 0 Å². The third-order valence-electron chi connectivity index (χ3n) is 0.111. The summed E-state index contributed by atoms with van der Waals surface area (Å²) in [4.78, 5) is 0. The number of hydrogen-bond donors (Lipinski definition) is 1. The van der Waals surface area contributed by atoms with E-state index >= 15 is 0 Å². The topological polar surface area (TPSA) is 37.3 Å². The van der Waals surface area contributed by atoms with Crippen molar-refractivity contribution in [3.8, 4) is 0 Å². The molecule has 29 valence electrons. The van der Waals surface area contributed by atoms with Gasteiger partial charge in [0.2, 0.25) is 0 Å². The van der Waals surface area contributed by atoms with Gasteiger partial charge in [-0.1, -0.05) is 0 Å². The van der Waals surface area contributed by atoms with E-state index in [0.29, 0.717) is 0 Å². The molecular weight excluding hydrogens is 88.1 g/mol. The van der Waals surface area contributed by atoms with Gasteiger partial charge in [0, 0.05) is 11.1 Å². The first-order chi connectivity index (χ1) is 2.27. The molecule has 2 nitrogen and oxygen atoms in total. The number of aliphatic hydroxyl groups excluding tert-OH is 1. The first-order valence-electron chi connectivity index (χ1n) is 1.07. The van der Waals surface area contributed by atoms with Gasteiger partial charge in [0.1, 0.15) is 0 Å². The molecule has 0 saturated heterocycles. The first kappa shape index (κ1) is 4.98. The molecule has 0 bridgehead atoms. The average molecular weight is 92.1 g/mol. The maximum atomic E-state index is 9.23. The standard InChI is InChI=1S/C2H4O2S/c1-2(3)5-4/h2-3H,1H2/q+1. The minimum absolute atomic E-state index is 0.0741. The molecule has 0 saturated carbocycles. The first-order valence-corrected chi connectivity index (χ1v) is 1.87. The van der Waals surface area contributed by atoms with Gasteiger partial charge in [-0.25, -0.2) is 0 Å². The largest absolute Gasteiger partial charge is 0.493 e. The summed E-state index contributed by atoms with van der Waals surface area (Å²) in [6.07, 6.45) is 0. The lowest BCUT2D eigenvalue weighted by atomic mass is 10.9. The molecule has 1 radical (unpaired) electrons. The summed E-state index contributed by atoms with van der Waals surface area (Å²) in [6, 6.07) is 0. The second-order valence-corrected chi connectivity index (χ2v) is 1.29. The van der Waals surface area contributed by atoms with Crippen LogP contribution in [0.4, 0.5) is 0 Å². The van der Waals surface area contributed by atoms with Gasteiger partial charge < -0.3 is 5.11 Å². The third kappa shape index (κ3) is 3.98. The molecule has 0 aliphatic heterocycles. The lowest BCUT2D eigenvalue weighted by Gasteiger charge is -1.61. The smallest absolute Gasteiger partial charge is 0.339 e. The predicted octanol–water partition coefficient (Wildman–Crippen LogP) is -0.433. The van der Waals surface area contributed by atoms with E-state index in [4.69, 9.17) is 5.11 Å². The fraction of sp³-hybridized carbons (Fsp3) is 0.500. The molecule has 0 aliphatic carbocycles. The Labute approximate surface area is 34.3 Å². The Bertz CT molecular complexity index is 34.6. The maximum absolute atomic E-state index is 9.23. The normalized spacial score (nSPS) is 14.0. The van der Waals surface area contributed by atoms with Crippen LogP contribution in [0.1, 0.15) is 0 Å². The van der Waals surface area contributed by atoms with Crippen LogP contribution in [0.25, 0.3) is 0 Å². The van der Waals surface area contributed by atoms with E-state index in [1.807, 2.05) is 0 Å². The van der Waals surface area contributed by atoms with Crippen molar-refractivity contribution in [1.29, 1.82) is 0 Å². The van der Waals surface area contributed by atoms with Crippen molar-refractivity contribution in [2.24, 2.45) is 0 Å². The van der Waals surface area contributed by atoms with E-state index in [1.165, 1.54) is 0 Å². The SMILES string of the molecule is [CH2]C(O)[S+]=O. The highest BCUT2D eigenvalue weighted by atomic mass is 32.1. The van der Waals surface area contributed by atoms with E-state index < -0.39 is 5.44 Å². The lowest BCUT2D eigenvalue weighted by Crippen LogP contribution is -1.92. The van der Waals surface area contributed by atoms with Gasteiger partial charge in [0.25, 0.3) is 0 Å².